The average Bonchev–Trinajstić information content (AvgIpc) is 3.18. The molecule has 0 saturated carbocycles. The van der Waals surface area contributed by atoms with Crippen molar-refractivity contribution in [2.45, 2.75) is 45.7 Å². The molecule has 1 atom stereocenters. The number of carbonyl (C=O) groups excluding carboxylic acids is 2. The number of hydrazone groups is 1. The summed E-state index contributed by atoms with van der Waals surface area (Å²) in [6.07, 6.45) is 0.583. The van der Waals surface area contributed by atoms with Gasteiger partial charge in [-0.1, -0.05) is 42.0 Å². The van der Waals surface area contributed by atoms with Gasteiger partial charge in [0.05, 0.1) is 18.9 Å². The Morgan fingerprint density at radius 1 is 1.19 bits per heavy atom. The van der Waals surface area contributed by atoms with Gasteiger partial charge in [0.2, 0.25) is 0 Å². The number of urea groups is 1. The Hall–Kier alpha value is -3.35. The molecule has 1 heterocycles. The summed E-state index contributed by atoms with van der Waals surface area (Å²) in [5, 5.41) is 9.08. The van der Waals surface area contributed by atoms with E-state index in [4.69, 9.17) is 4.74 Å². The molecule has 1 aliphatic heterocycles. The highest BCUT2D eigenvalue weighted by molar-refractivity contribution is 6.03. The summed E-state index contributed by atoms with van der Waals surface area (Å²) in [7, 11) is 3.24. The molecule has 0 aromatic heterocycles. The number of hydrogen-bond acceptors (Lipinski definition) is 4. The molecule has 3 amide bonds. The Labute approximate surface area is 190 Å². The van der Waals surface area contributed by atoms with Crippen LogP contribution in [0.3, 0.4) is 0 Å². The fourth-order valence-electron chi connectivity index (χ4n) is 3.53. The summed E-state index contributed by atoms with van der Waals surface area (Å²) in [5.41, 5.74) is 3.49. The molecular weight excluding hydrogens is 404 g/mol. The molecule has 0 unspecified atom stereocenters. The Morgan fingerprint density at radius 2 is 1.88 bits per heavy atom. The van der Waals surface area contributed by atoms with Gasteiger partial charge < -0.3 is 15.0 Å². The first kappa shape index (κ1) is 23.3. The normalized spacial score (nSPS) is 15.9. The number of rotatable bonds is 5. The van der Waals surface area contributed by atoms with Crippen LogP contribution in [0.2, 0.25) is 0 Å². The Bertz CT molecular complexity index is 1010. The van der Waals surface area contributed by atoms with Crippen molar-refractivity contribution in [2.75, 3.05) is 20.7 Å². The van der Waals surface area contributed by atoms with E-state index in [-0.39, 0.29) is 30.1 Å². The number of aryl methyl sites for hydroxylation is 1. The summed E-state index contributed by atoms with van der Waals surface area (Å²) < 4.78 is 5.35. The van der Waals surface area contributed by atoms with E-state index in [1.54, 1.807) is 14.2 Å². The van der Waals surface area contributed by atoms with Gasteiger partial charge in [0.25, 0.3) is 5.91 Å². The van der Waals surface area contributed by atoms with Crippen LogP contribution in [0.1, 0.15) is 49.9 Å². The minimum absolute atomic E-state index is 0.0703. The number of nitrogens with zero attached hydrogens (tertiary/aromatic N) is 3. The van der Waals surface area contributed by atoms with Gasteiger partial charge in [0.1, 0.15) is 12.3 Å². The molecule has 0 aliphatic carbocycles. The lowest BCUT2D eigenvalue weighted by molar-refractivity contribution is -0.133. The summed E-state index contributed by atoms with van der Waals surface area (Å²) in [6, 6.07) is 15.3. The van der Waals surface area contributed by atoms with E-state index in [9.17, 15) is 9.59 Å². The van der Waals surface area contributed by atoms with Crippen LogP contribution in [0.4, 0.5) is 4.79 Å². The smallest absolute Gasteiger partial charge is 0.318 e. The van der Waals surface area contributed by atoms with E-state index in [0.717, 1.165) is 28.2 Å². The first-order valence-electron chi connectivity index (χ1n) is 10.7. The van der Waals surface area contributed by atoms with Crippen molar-refractivity contribution >= 4 is 17.6 Å². The fourth-order valence-corrected chi connectivity index (χ4v) is 3.53. The van der Waals surface area contributed by atoms with Crippen LogP contribution in [0.15, 0.2) is 53.6 Å². The number of nitrogens with one attached hydrogen (secondary N) is 1. The molecule has 0 bridgehead atoms. The molecule has 1 N–H and O–H groups in total. The van der Waals surface area contributed by atoms with Gasteiger partial charge in [-0.3, -0.25) is 4.79 Å². The Morgan fingerprint density at radius 3 is 2.50 bits per heavy atom. The Kier molecular flexibility index (Phi) is 6.87. The van der Waals surface area contributed by atoms with Crippen molar-refractivity contribution < 1.29 is 14.3 Å². The van der Waals surface area contributed by atoms with E-state index < -0.39 is 0 Å². The average molecular weight is 437 g/mol. The molecule has 3 rings (SSSR count). The van der Waals surface area contributed by atoms with E-state index in [1.807, 2.05) is 76.2 Å². The highest BCUT2D eigenvalue weighted by Gasteiger charge is 2.34. The second-order valence-electron chi connectivity index (χ2n) is 9.18. The predicted molar refractivity (Wildman–Crippen MR) is 126 cm³/mol. The first-order chi connectivity index (χ1) is 15.1. The van der Waals surface area contributed by atoms with Crippen molar-refractivity contribution in [2.24, 2.45) is 5.10 Å². The maximum atomic E-state index is 13.2. The van der Waals surface area contributed by atoms with Crippen molar-refractivity contribution in [3.05, 3.63) is 65.2 Å². The summed E-state index contributed by atoms with van der Waals surface area (Å²) in [6.45, 7) is 7.67. The second-order valence-corrected chi connectivity index (χ2v) is 9.18. The monoisotopic (exact) mass is 436 g/mol. The third-order valence-corrected chi connectivity index (χ3v) is 5.23. The third kappa shape index (κ3) is 5.66. The zero-order valence-corrected chi connectivity index (χ0v) is 19.7. The minimum Gasteiger partial charge on any atom is -0.497 e. The zero-order chi connectivity index (χ0) is 23.5. The molecule has 0 fully saturated rings. The number of ether oxygens (including phenoxy) is 1. The molecule has 0 saturated heterocycles. The number of hydrogen-bond donors (Lipinski definition) is 1. The lowest BCUT2D eigenvalue weighted by Crippen LogP contribution is -2.49. The van der Waals surface area contributed by atoms with Gasteiger partial charge in [0, 0.05) is 24.6 Å². The van der Waals surface area contributed by atoms with Gasteiger partial charge >= 0.3 is 6.03 Å². The van der Waals surface area contributed by atoms with Crippen molar-refractivity contribution in [1.29, 1.82) is 0 Å². The van der Waals surface area contributed by atoms with E-state index in [1.165, 1.54) is 9.91 Å². The van der Waals surface area contributed by atoms with Gasteiger partial charge in [-0.05, 0) is 45.4 Å². The lowest BCUT2D eigenvalue weighted by Gasteiger charge is -2.28. The minimum atomic E-state index is -0.385. The summed E-state index contributed by atoms with van der Waals surface area (Å²) >= 11 is 0. The van der Waals surface area contributed by atoms with Crippen molar-refractivity contribution in [3.8, 4) is 5.75 Å². The van der Waals surface area contributed by atoms with Crippen LogP contribution in [0.5, 0.6) is 5.75 Å². The van der Waals surface area contributed by atoms with E-state index in [2.05, 4.69) is 10.4 Å². The number of methoxy groups -OCH3 is 1. The highest BCUT2D eigenvalue weighted by Crippen LogP contribution is 2.33. The molecular formula is C25H32N4O3. The van der Waals surface area contributed by atoms with Gasteiger partial charge in [-0.2, -0.15) is 5.10 Å². The van der Waals surface area contributed by atoms with Crippen LogP contribution in [0, 0.1) is 6.92 Å². The molecule has 0 radical (unpaired) electrons. The van der Waals surface area contributed by atoms with Crippen LogP contribution in [0.25, 0.3) is 0 Å². The van der Waals surface area contributed by atoms with Gasteiger partial charge in [0.15, 0.2) is 0 Å². The number of likely N-dealkylation sites (N-methyl/N-ethyl adjacent to an activating group) is 1. The molecule has 7 heteroatoms. The molecule has 0 spiro atoms. The topological polar surface area (TPSA) is 74.2 Å². The number of amides is 3. The molecule has 7 nitrogen and oxygen atoms in total. The summed E-state index contributed by atoms with van der Waals surface area (Å²) in [4.78, 5) is 27.1. The maximum Gasteiger partial charge on any atom is 0.318 e. The van der Waals surface area contributed by atoms with Crippen molar-refractivity contribution in [1.82, 2.24) is 15.2 Å². The maximum absolute atomic E-state index is 13.2. The van der Waals surface area contributed by atoms with Gasteiger partial charge in [-0.25, -0.2) is 9.80 Å². The largest absolute Gasteiger partial charge is 0.497 e. The second kappa shape index (κ2) is 9.42. The quantitative estimate of drug-likeness (QED) is 0.766. The lowest BCUT2D eigenvalue weighted by atomic mass is 9.97. The highest BCUT2D eigenvalue weighted by atomic mass is 16.5. The van der Waals surface area contributed by atoms with E-state index in [0.29, 0.717) is 6.42 Å². The van der Waals surface area contributed by atoms with Crippen LogP contribution >= 0.6 is 0 Å². The predicted octanol–water partition coefficient (Wildman–Crippen LogP) is 4.12. The van der Waals surface area contributed by atoms with Crippen LogP contribution in [-0.4, -0.2) is 53.8 Å². The molecule has 32 heavy (non-hydrogen) atoms. The van der Waals surface area contributed by atoms with Crippen LogP contribution in [-0.2, 0) is 4.79 Å². The van der Waals surface area contributed by atoms with Crippen molar-refractivity contribution in [3.63, 3.8) is 0 Å². The molecule has 2 aromatic rings. The molecule has 170 valence electrons. The number of carbonyl (C=O) groups is 2. The zero-order valence-electron chi connectivity index (χ0n) is 19.7. The summed E-state index contributed by atoms with van der Waals surface area (Å²) in [5.74, 6) is 0.500. The Balaban J connectivity index is 1.86. The third-order valence-electron chi connectivity index (χ3n) is 5.23. The van der Waals surface area contributed by atoms with Crippen LogP contribution < -0.4 is 10.1 Å². The fraction of sp³-hybridized carbons (Fsp3) is 0.400. The molecule has 1 aliphatic rings. The SMILES string of the molecule is COc1cccc(C2=NN(C(=O)CN(C)C(=O)NC(C)(C)C)[C@H](c3ccc(C)cc3)C2)c1. The standard InChI is InChI=1S/C25H32N4O3/c1-17-10-12-18(13-11-17)22-15-21(19-8-7-9-20(14-19)32-6)27-29(22)23(30)16-28(5)24(31)26-25(2,3)4/h7-14,22H,15-16H2,1-6H3,(H,26,31)/t22-/m0/s1. The van der Waals surface area contributed by atoms with E-state index >= 15 is 0 Å². The van der Waals surface area contributed by atoms with Gasteiger partial charge in [-0.15, -0.1) is 0 Å². The first-order valence-corrected chi connectivity index (χ1v) is 10.7. The molecule has 2 aromatic carbocycles. The number of benzene rings is 2.